The third kappa shape index (κ3) is 5.51. The molecular formula is C25H36N4O3. The number of piperazine rings is 1. The molecule has 1 saturated heterocycles. The lowest BCUT2D eigenvalue weighted by atomic mass is 10.1. The van der Waals surface area contributed by atoms with Crippen molar-refractivity contribution in [2.24, 2.45) is 5.73 Å². The molecule has 7 heteroatoms. The summed E-state index contributed by atoms with van der Waals surface area (Å²) in [5.74, 6) is 0.815. The van der Waals surface area contributed by atoms with Crippen molar-refractivity contribution in [1.82, 2.24) is 9.88 Å². The van der Waals surface area contributed by atoms with Crippen molar-refractivity contribution in [3.05, 3.63) is 42.1 Å². The van der Waals surface area contributed by atoms with Crippen LogP contribution in [0, 0.1) is 0 Å². The van der Waals surface area contributed by atoms with Gasteiger partial charge in [0, 0.05) is 37.8 Å². The third-order valence-corrected chi connectivity index (χ3v) is 5.52. The van der Waals surface area contributed by atoms with Crippen LogP contribution in [0.25, 0.3) is 11.3 Å². The highest BCUT2D eigenvalue weighted by Gasteiger charge is 2.32. The zero-order valence-corrected chi connectivity index (χ0v) is 19.9. The minimum absolute atomic E-state index is 0.171. The molecule has 7 nitrogen and oxygen atoms in total. The second-order valence-corrected chi connectivity index (χ2v) is 8.98. The first-order valence-corrected chi connectivity index (χ1v) is 11.4. The predicted octanol–water partition coefficient (Wildman–Crippen LogP) is 4.44. The Labute approximate surface area is 191 Å². The average Bonchev–Trinajstić information content (AvgIpc) is 2.77. The maximum absolute atomic E-state index is 12.6. The van der Waals surface area contributed by atoms with Crippen molar-refractivity contribution in [3.63, 3.8) is 0 Å². The number of nitrogens with zero attached hydrogens (tertiary/aromatic N) is 3. The number of carbonyl (C=O) groups excluding carboxylic acids is 1. The summed E-state index contributed by atoms with van der Waals surface area (Å²) in [4.78, 5) is 21.6. The quantitative estimate of drug-likeness (QED) is 0.715. The first-order valence-electron chi connectivity index (χ1n) is 11.4. The van der Waals surface area contributed by atoms with Crippen molar-refractivity contribution >= 4 is 11.8 Å². The topological polar surface area (TPSA) is 80.9 Å². The van der Waals surface area contributed by atoms with E-state index in [1.807, 2.05) is 58.0 Å². The molecule has 1 amide bonds. The Bertz CT molecular complexity index is 926. The summed E-state index contributed by atoms with van der Waals surface area (Å²) in [6.07, 6.45) is 0.647. The fourth-order valence-electron chi connectivity index (χ4n) is 4.03. The van der Waals surface area contributed by atoms with Crippen LogP contribution >= 0.6 is 0 Å². The van der Waals surface area contributed by atoms with Gasteiger partial charge in [0.1, 0.15) is 11.4 Å². The van der Waals surface area contributed by atoms with Crippen molar-refractivity contribution in [2.45, 2.75) is 59.2 Å². The molecule has 32 heavy (non-hydrogen) atoms. The maximum atomic E-state index is 12.6. The van der Waals surface area contributed by atoms with Gasteiger partial charge >= 0.3 is 6.09 Å². The summed E-state index contributed by atoms with van der Waals surface area (Å²) in [7, 11) is 0. The van der Waals surface area contributed by atoms with Gasteiger partial charge in [-0.1, -0.05) is 19.1 Å². The van der Waals surface area contributed by atoms with Crippen molar-refractivity contribution < 1.29 is 14.3 Å². The van der Waals surface area contributed by atoms with Crippen LogP contribution in [-0.2, 0) is 11.3 Å². The van der Waals surface area contributed by atoms with Gasteiger partial charge in [0.05, 0.1) is 23.7 Å². The van der Waals surface area contributed by atoms with E-state index in [9.17, 15) is 4.79 Å². The van der Waals surface area contributed by atoms with Gasteiger partial charge in [-0.05, 0) is 58.4 Å². The number of pyridine rings is 1. The summed E-state index contributed by atoms with van der Waals surface area (Å²) in [6.45, 7) is 12.6. The molecule has 0 bridgehead atoms. The normalized spacial score (nSPS) is 16.8. The largest absolute Gasteiger partial charge is 0.493 e. The van der Waals surface area contributed by atoms with Gasteiger partial charge in [-0.3, -0.25) is 0 Å². The molecule has 2 heterocycles. The number of amides is 1. The Kier molecular flexibility index (Phi) is 7.61. The number of nitrogens with two attached hydrogens (primary N) is 1. The van der Waals surface area contributed by atoms with E-state index < -0.39 is 5.60 Å². The summed E-state index contributed by atoms with van der Waals surface area (Å²) in [6, 6.07) is 12.2. The lowest BCUT2D eigenvalue weighted by Gasteiger charge is -2.43. The van der Waals surface area contributed by atoms with Gasteiger partial charge in [0.15, 0.2) is 0 Å². The van der Waals surface area contributed by atoms with Crippen LogP contribution in [0.4, 0.5) is 10.5 Å². The fourth-order valence-corrected chi connectivity index (χ4v) is 4.03. The van der Waals surface area contributed by atoms with Gasteiger partial charge in [-0.15, -0.1) is 0 Å². The highest BCUT2D eigenvalue weighted by Crippen LogP contribution is 2.32. The fraction of sp³-hybridized carbons (Fsp3) is 0.520. The van der Waals surface area contributed by atoms with Crippen LogP contribution in [0.1, 0.15) is 46.7 Å². The number of hydrogen-bond donors (Lipinski definition) is 1. The van der Waals surface area contributed by atoms with Crippen molar-refractivity contribution in [3.8, 4) is 17.0 Å². The van der Waals surface area contributed by atoms with Crippen LogP contribution < -0.4 is 15.4 Å². The molecule has 1 fully saturated rings. The number of rotatable bonds is 6. The van der Waals surface area contributed by atoms with Crippen molar-refractivity contribution in [2.75, 3.05) is 31.1 Å². The molecule has 1 aromatic heterocycles. The number of carbonyl (C=O) groups is 1. The first-order chi connectivity index (χ1) is 15.3. The highest BCUT2D eigenvalue weighted by atomic mass is 16.6. The zero-order chi connectivity index (χ0) is 23.3. The van der Waals surface area contributed by atoms with E-state index in [-0.39, 0.29) is 12.1 Å². The van der Waals surface area contributed by atoms with Crippen LogP contribution in [0.2, 0.25) is 0 Å². The molecular weight excluding hydrogens is 404 g/mol. The summed E-state index contributed by atoms with van der Waals surface area (Å²) in [5, 5.41) is 0. The second kappa shape index (κ2) is 10.2. The first kappa shape index (κ1) is 23.9. The van der Waals surface area contributed by atoms with Gasteiger partial charge in [0.2, 0.25) is 0 Å². The molecule has 1 aliphatic rings. The summed E-state index contributed by atoms with van der Waals surface area (Å²) >= 11 is 0. The molecule has 0 radical (unpaired) electrons. The van der Waals surface area contributed by atoms with E-state index in [0.717, 1.165) is 34.8 Å². The summed E-state index contributed by atoms with van der Waals surface area (Å²) in [5.41, 5.74) is 9.30. The van der Waals surface area contributed by atoms with Crippen LogP contribution in [0.5, 0.6) is 5.75 Å². The number of para-hydroxylation sites is 1. The smallest absolute Gasteiger partial charge is 0.410 e. The molecule has 0 spiro atoms. The maximum Gasteiger partial charge on any atom is 0.410 e. The Morgan fingerprint density at radius 1 is 1.16 bits per heavy atom. The van der Waals surface area contributed by atoms with Gasteiger partial charge < -0.3 is 25.0 Å². The van der Waals surface area contributed by atoms with E-state index in [4.69, 9.17) is 20.2 Å². The van der Waals surface area contributed by atoms with Crippen LogP contribution in [-0.4, -0.2) is 53.9 Å². The molecule has 174 valence electrons. The molecule has 2 aromatic rings. The Morgan fingerprint density at radius 2 is 1.91 bits per heavy atom. The highest BCUT2D eigenvalue weighted by molar-refractivity contribution is 5.71. The second-order valence-electron chi connectivity index (χ2n) is 8.98. The van der Waals surface area contributed by atoms with E-state index >= 15 is 0 Å². The van der Waals surface area contributed by atoms with E-state index in [0.29, 0.717) is 32.8 Å². The molecule has 1 aromatic carbocycles. The monoisotopic (exact) mass is 440 g/mol. The molecule has 3 rings (SSSR count). The number of benzene rings is 1. The Hall–Kier alpha value is -2.80. The van der Waals surface area contributed by atoms with E-state index in [2.05, 4.69) is 17.9 Å². The molecule has 0 saturated carbocycles. The molecule has 1 aliphatic heterocycles. The SMILES string of the molecule is CCOc1ccccc1-c1ccc(N2CCN(C(=O)OC(C)(C)C)C[C@H]2CC)c(CN)n1. The van der Waals surface area contributed by atoms with Crippen LogP contribution in [0.3, 0.4) is 0 Å². The van der Waals surface area contributed by atoms with Gasteiger partial charge in [-0.2, -0.15) is 0 Å². The zero-order valence-electron chi connectivity index (χ0n) is 19.9. The molecule has 0 aliphatic carbocycles. The minimum atomic E-state index is -0.500. The average molecular weight is 441 g/mol. The number of hydrogen-bond acceptors (Lipinski definition) is 6. The predicted molar refractivity (Wildman–Crippen MR) is 128 cm³/mol. The Morgan fingerprint density at radius 3 is 2.56 bits per heavy atom. The minimum Gasteiger partial charge on any atom is -0.493 e. The van der Waals surface area contributed by atoms with Crippen molar-refractivity contribution in [1.29, 1.82) is 0 Å². The van der Waals surface area contributed by atoms with Gasteiger partial charge in [0.25, 0.3) is 0 Å². The lowest BCUT2D eigenvalue weighted by molar-refractivity contribution is 0.0213. The number of ether oxygens (including phenoxy) is 2. The molecule has 0 unspecified atom stereocenters. The molecule has 2 N–H and O–H groups in total. The van der Waals surface area contributed by atoms with Crippen LogP contribution in [0.15, 0.2) is 36.4 Å². The van der Waals surface area contributed by atoms with Gasteiger partial charge in [-0.25, -0.2) is 9.78 Å². The third-order valence-electron chi connectivity index (χ3n) is 5.52. The van der Waals surface area contributed by atoms with E-state index in [1.54, 1.807) is 4.90 Å². The Balaban J connectivity index is 1.84. The standard InChI is InChI=1S/C25H36N4O3/c1-6-18-17-28(24(30)32-25(3,4)5)14-15-29(18)22-13-12-20(27-21(22)16-26)19-10-8-9-11-23(19)31-7-2/h8-13,18H,6-7,14-17,26H2,1-5H3/t18-/m1/s1. The number of aromatic nitrogens is 1. The van der Waals surface area contributed by atoms with E-state index in [1.165, 1.54) is 0 Å². The molecule has 1 atom stereocenters. The number of anilines is 1. The summed E-state index contributed by atoms with van der Waals surface area (Å²) < 4.78 is 11.4. The lowest BCUT2D eigenvalue weighted by Crippen LogP contribution is -2.55.